The molecule has 1 atom stereocenters. The third kappa shape index (κ3) is 3.80. The Morgan fingerprint density at radius 3 is 2.79 bits per heavy atom. The van der Waals surface area contributed by atoms with Gasteiger partial charge in [0.15, 0.2) is 29.1 Å². The molecule has 2 rings (SSSR count). The first-order valence-electron chi connectivity index (χ1n) is 7.19. The molecule has 2 aromatic heterocycles. The predicted molar refractivity (Wildman–Crippen MR) is 87.4 cm³/mol. The quantitative estimate of drug-likeness (QED) is 0.375. The number of rotatable bonds is 9. The van der Waals surface area contributed by atoms with Crippen molar-refractivity contribution in [3.63, 3.8) is 0 Å². The largest absolute Gasteiger partial charge is 0.391 e. The Hall–Kier alpha value is -1.84. The molecule has 0 saturated carbocycles. The Kier molecular flexibility index (Phi) is 5.68. The van der Waals surface area contributed by atoms with E-state index in [9.17, 15) is 9.67 Å². The monoisotopic (exact) mass is 357 g/mol. The van der Waals surface area contributed by atoms with Gasteiger partial charge in [0.05, 0.1) is 12.9 Å². The number of ether oxygens (including phenoxy) is 1. The van der Waals surface area contributed by atoms with E-state index in [0.29, 0.717) is 23.5 Å². The second kappa shape index (κ2) is 7.37. The van der Waals surface area contributed by atoms with Gasteiger partial charge in [-0.1, -0.05) is 13.0 Å². The van der Waals surface area contributed by atoms with Crippen molar-refractivity contribution < 1.29 is 24.2 Å². The highest BCUT2D eigenvalue weighted by Crippen LogP contribution is 2.38. The Labute approximate surface area is 138 Å². The molecule has 0 bridgehead atoms. The van der Waals surface area contributed by atoms with Crippen molar-refractivity contribution >= 4 is 24.6 Å². The third-order valence-electron chi connectivity index (χ3n) is 3.49. The van der Waals surface area contributed by atoms with Gasteiger partial charge in [0.1, 0.15) is 6.33 Å². The lowest BCUT2D eigenvalue weighted by atomic mass is 10.1. The van der Waals surface area contributed by atoms with Crippen LogP contribution in [-0.2, 0) is 15.0 Å². The zero-order chi connectivity index (χ0) is 17.8. The van der Waals surface area contributed by atoms with Crippen molar-refractivity contribution in [1.82, 2.24) is 19.5 Å². The Bertz CT molecular complexity index is 754. The molecule has 0 aromatic carbocycles. The number of anilines is 1. The predicted octanol–water partition coefficient (Wildman–Crippen LogP) is 0.631. The van der Waals surface area contributed by atoms with Gasteiger partial charge in [-0.25, -0.2) is 15.0 Å². The highest BCUT2D eigenvalue weighted by molar-refractivity contribution is 7.51. The van der Waals surface area contributed by atoms with Gasteiger partial charge in [0, 0.05) is 6.54 Å². The van der Waals surface area contributed by atoms with Crippen LogP contribution in [0.3, 0.4) is 0 Å². The first-order chi connectivity index (χ1) is 11.4. The third-order valence-corrected chi connectivity index (χ3v) is 3.95. The number of hydrogen-bond donors (Lipinski definition) is 4. The van der Waals surface area contributed by atoms with E-state index in [0.717, 1.165) is 0 Å². The van der Waals surface area contributed by atoms with E-state index < -0.39 is 26.3 Å². The summed E-state index contributed by atoms with van der Waals surface area (Å²) in [6.45, 7) is 5.31. The van der Waals surface area contributed by atoms with Crippen LogP contribution < -0.4 is 5.32 Å². The molecule has 10 nitrogen and oxygen atoms in total. The van der Waals surface area contributed by atoms with Crippen molar-refractivity contribution in [2.24, 2.45) is 0 Å². The van der Waals surface area contributed by atoms with Gasteiger partial charge in [-0.2, -0.15) is 0 Å². The van der Waals surface area contributed by atoms with Crippen molar-refractivity contribution in [2.75, 3.05) is 24.8 Å². The number of aromatic nitrogens is 4. The molecule has 0 spiro atoms. The van der Waals surface area contributed by atoms with Crippen LogP contribution in [0.2, 0.25) is 0 Å². The summed E-state index contributed by atoms with van der Waals surface area (Å²) >= 11 is 0. The Balaban J connectivity index is 2.47. The van der Waals surface area contributed by atoms with Crippen LogP contribution >= 0.6 is 7.60 Å². The maximum absolute atomic E-state index is 11.1. The topological polar surface area (TPSA) is 143 Å². The fourth-order valence-corrected chi connectivity index (χ4v) is 2.62. The number of aliphatic hydroxyl groups excluding tert-OH is 1. The second-order valence-corrected chi connectivity index (χ2v) is 6.66. The van der Waals surface area contributed by atoms with E-state index in [-0.39, 0.29) is 6.42 Å². The molecule has 1 unspecified atom stereocenters. The summed E-state index contributed by atoms with van der Waals surface area (Å²) in [4.78, 5) is 30.6. The van der Waals surface area contributed by atoms with Crippen LogP contribution in [0, 0.1) is 0 Å². The van der Waals surface area contributed by atoms with Crippen molar-refractivity contribution in [3.05, 3.63) is 25.3 Å². The van der Waals surface area contributed by atoms with Crippen LogP contribution in [-0.4, -0.2) is 53.9 Å². The molecule has 4 N–H and O–H groups in total. The lowest BCUT2D eigenvalue weighted by molar-refractivity contribution is -0.125. The van der Waals surface area contributed by atoms with Crippen molar-refractivity contribution in [1.29, 1.82) is 0 Å². The number of fused-ring (bicyclic) bond motifs is 1. The molecular weight excluding hydrogens is 337 g/mol. The van der Waals surface area contributed by atoms with Crippen LogP contribution in [0.25, 0.3) is 11.2 Å². The second-order valence-electron chi connectivity index (χ2n) is 5.07. The van der Waals surface area contributed by atoms with Crippen molar-refractivity contribution in [3.8, 4) is 0 Å². The molecule has 0 amide bonds. The smallest absolute Gasteiger partial charge is 0.351 e. The summed E-state index contributed by atoms with van der Waals surface area (Å²) in [6, 6.07) is 0. The minimum absolute atomic E-state index is 0.244. The van der Waals surface area contributed by atoms with Crippen LogP contribution in [0.1, 0.15) is 13.3 Å². The van der Waals surface area contributed by atoms with E-state index in [4.69, 9.17) is 14.5 Å². The van der Waals surface area contributed by atoms with Crippen LogP contribution in [0.4, 0.5) is 5.82 Å². The summed E-state index contributed by atoms with van der Waals surface area (Å²) in [7, 11) is -4.40. The average molecular weight is 357 g/mol. The number of nitrogens with zero attached hydrogens (tertiary/aromatic N) is 4. The van der Waals surface area contributed by atoms with E-state index in [2.05, 4.69) is 26.8 Å². The maximum Gasteiger partial charge on any atom is 0.351 e. The summed E-state index contributed by atoms with van der Waals surface area (Å²) in [5, 5.41) is 12.8. The van der Waals surface area contributed by atoms with Gasteiger partial charge >= 0.3 is 7.60 Å². The number of nitrogens with one attached hydrogen (secondary N) is 1. The number of aliphatic hydroxyl groups is 1. The summed E-state index contributed by atoms with van der Waals surface area (Å²) in [6.07, 6.45) is 3.81. The van der Waals surface area contributed by atoms with Crippen LogP contribution in [0.15, 0.2) is 25.3 Å². The van der Waals surface area contributed by atoms with Gasteiger partial charge in [-0.05, 0) is 6.42 Å². The molecule has 0 aliphatic carbocycles. The Morgan fingerprint density at radius 1 is 1.46 bits per heavy atom. The highest BCUT2D eigenvalue weighted by atomic mass is 31.2. The van der Waals surface area contributed by atoms with Gasteiger partial charge in [0.25, 0.3) is 0 Å². The maximum atomic E-state index is 11.1. The minimum atomic E-state index is -4.40. The lowest BCUT2D eigenvalue weighted by Gasteiger charge is -2.32. The van der Waals surface area contributed by atoms with Gasteiger partial charge in [-0.15, -0.1) is 6.58 Å². The normalized spacial score (nSPS) is 14.5. The zero-order valence-electron chi connectivity index (χ0n) is 13.2. The SMILES string of the molecule is C=CCNc1ncnc2c1ncn2C(CC)(CO)OCP(=O)(O)O. The molecule has 0 aliphatic heterocycles. The standard InChI is InChI=1S/C13H20N5O5P/c1-3-5-14-11-10-12(16-7-15-11)18(8-17-10)13(4-2,6-19)23-9-24(20,21)22/h3,7-8,19H,1,4-6,9H2,2H3,(H,14,15,16)(H2,20,21,22). The van der Waals surface area contributed by atoms with Gasteiger partial charge in [-0.3, -0.25) is 9.13 Å². The molecule has 0 radical (unpaired) electrons. The van der Waals surface area contributed by atoms with E-state index >= 15 is 0 Å². The van der Waals surface area contributed by atoms with Crippen molar-refractivity contribution in [2.45, 2.75) is 19.1 Å². The fraction of sp³-hybridized carbons (Fsp3) is 0.462. The summed E-state index contributed by atoms with van der Waals surface area (Å²) in [5.74, 6) is 0.483. The fourth-order valence-electron chi connectivity index (χ4n) is 2.21. The summed E-state index contributed by atoms with van der Waals surface area (Å²) < 4.78 is 18.0. The molecular formula is C13H20N5O5P. The summed E-state index contributed by atoms with van der Waals surface area (Å²) in [5.41, 5.74) is -0.566. The molecule has 0 fully saturated rings. The van der Waals surface area contributed by atoms with E-state index in [1.165, 1.54) is 17.2 Å². The van der Waals surface area contributed by atoms with E-state index in [1.54, 1.807) is 13.0 Å². The first kappa shape index (κ1) is 18.5. The highest BCUT2D eigenvalue weighted by Gasteiger charge is 2.35. The molecule has 2 aromatic rings. The number of imidazole rings is 1. The molecule has 0 saturated heterocycles. The van der Waals surface area contributed by atoms with Gasteiger partial charge < -0.3 is 24.9 Å². The molecule has 11 heteroatoms. The van der Waals surface area contributed by atoms with E-state index in [1.807, 2.05) is 0 Å². The molecule has 132 valence electrons. The minimum Gasteiger partial charge on any atom is -0.391 e. The van der Waals surface area contributed by atoms with Gasteiger partial charge in [0.2, 0.25) is 0 Å². The van der Waals surface area contributed by atoms with Crippen LogP contribution in [0.5, 0.6) is 0 Å². The Morgan fingerprint density at radius 2 is 2.21 bits per heavy atom. The number of hydrogen-bond acceptors (Lipinski definition) is 7. The molecule has 2 heterocycles. The average Bonchev–Trinajstić information content (AvgIpc) is 2.99. The molecule has 24 heavy (non-hydrogen) atoms. The zero-order valence-corrected chi connectivity index (χ0v) is 14.1. The lowest BCUT2D eigenvalue weighted by Crippen LogP contribution is -2.40. The first-order valence-corrected chi connectivity index (χ1v) is 8.99. The molecule has 0 aliphatic rings.